The lowest BCUT2D eigenvalue weighted by atomic mass is 9.93. The van der Waals surface area contributed by atoms with Gasteiger partial charge in [0.2, 0.25) is 17.7 Å². The van der Waals surface area contributed by atoms with Crippen molar-refractivity contribution < 1.29 is 14.4 Å². The second-order valence-corrected chi connectivity index (χ2v) is 5.04. The SMILES string of the molecule is CNC(=O)CNC(=O)CC1c2ccccc2C=CN1C(C)=O. The Labute approximate surface area is 129 Å². The maximum Gasteiger partial charge on any atom is 0.239 e. The number of fused-ring (bicyclic) bond motifs is 1. The van der Waals surface area contributed by atoms with E-state index in [-0.39, 0.29) is 36.7 Å². The predicted molar refractivity (Wildman–Crippen MR) is 82.4 cm³/mol. The van der Waals surface area contributed by atoms with Crippen molar-refractivity contribution in [2.45, 2.75) is 19.4 Å². The van der Waals surface area contributed by atoms with Crippen molar-refractivity contribution in [3.05, 3.63) is 41.6 Å². The fourth-order valence-corrected chi connectivity index (χ4v) is 2.43. The molecule has 0 bridgehead atoms. The van der Waals surface area contributed by atoms with Crippen molar-refractivity contribution in [1.82, 2.24) is 15.5 Å². The first-order valence-corrected chi connectivity index (χ1v) is 7.06. The van der Waals surface area contributed by atoms with E-state index in [1.807, 2.05) is 30.3 Å². The molecule has 0 saturated heterocycles. The minimum Gasteiger partial charge on any atom is -0.358 e. The van der Waals surface area contributed by atoms with Gasteiger partial charge in [0.1, 0.15) is 0 Å². The largest absolute Gasteiger partial charge is 0.358 e. The minimum absolute atomic E-state index is 0.0698. The number of nitrogens with one attached hydrogen (secondary N) is 2. The number of carbonyl (C=O) groups is 3. The molecule has 0 radical (unpaired) electrons. The van der Waals surface area contributed by atoms with Gasteiger partial charge in [0.15, 0.2) is 0 Å². The zero-order chi connectivity index (χ0) is 16.1. The molecule has 2 N–H and O–H groups in total. The summed E-state index contributed by atoms with van der Waals surface area (Å²) in [6.45, 7) is 1.40. The second-order valence-electron chi connectivity index (χ2n) is 5.04. The van der Waals surface area contributed by atoms with Crippen LogP contribution in [-0.2, 0) is 14.4 Å². The van der Waals surface area contributed by atoms with E-state index in [1.54, 1.807) is 11.1 Å². The molecule has 0 aromatic heterocycles. The number of rotatable bonds is 4. The van der Waals surface area contributed by atoms with E-state index in [0.717, 1.165) is 11.1 Å². The average Bonchev–Trinajstić information content (AvgIpc) is 2.52. The van der Waals surface area contributed by atoms with Crippen molar-refractivity contribution in [3.63, 3.8) is 0 Å². The van der Waals surface area contributed by atoms with Gasteiger partial charge in [-0.1, -0.05) is 24.3 Å². The molecule has 1 aromatic carbocycles. The fourth-order valence-electron chi connectivity index (χ4n) is 2.43. The summed E-state index contributed by atoms with van der Waals surface area (Å²) >= 11 is 0. The van der Waals surface area contributed by atoms with Crippen LogP contribution < -0.4 is 10.6 Å². The van der Waals surface area contributed by atoms with Crippen LogP contribution in [0.1, 0.15) is 30.5 Å². The van der Waals surface area contributed by atoms with Crippen LogP contribution in [0.2, 0.25) is 0 Å². The number of hydrogen-bond acceptors (Lipinski definition) is 3. The highest BCUT2D eigenvalue weighted by Gasteiger charge is 2.28. The van der Waals surface area contributed by atoms with Gasteiger partial charge in [0.05, 0.1) is 19.0 Å². The summed E-state index contributed by atoms with van der Waals surface area (Å²) in [4.78, 5) is 36.6. The monoisotopic (exact) mass is 301 g/mol. The molecule has 116 valence electrons. The van der Waals surface area contributed by atoms with Crippen molar-refractivity contribution in [3.8, 4) is 0 Å². The average molecular weight is 301 g/mol. The zero-order valence-electron chi connectivity index (χ0n) is 12.6. The van der Waals surface area contributed by atoms with Crippen LogP contribution >= 0.6 is 0 Å². The van der Waals surface area contributed by atoms with Crippen LogP contribution in [0.4, 0.5) is 0 Å². The third-order valence-electron chi connectivity index (χ3n) is 3.57. The molecular weight excluding hydrogens is 282 g/mol. The number of likely N-dealkylation sites (N-methyl/N-ethyl adjacent to an activating group) is 1. The van der Waals surface area contributed by atoms with E-state index in [9.17, 15) is 14.4 Å². The molecule has 1 aromatic rings. The minimum atomic E-state index is -0.358. The van der Waals surface area contributed by atoms with Gasteiger partial charge in [-0.2, -0.15) is 0 Å². The van der Waals surface area contributed by atoms with Crippen LogP contribution in [0.15, 0.2) is 30.5 Å². The molecule has 1 unspecified atom stereocenters. The van der Waals surface area contributed by atoms with Gasteiger partial charge in [-0.3, -0.25) is 14.4 Å². The molecule has 22 heavy (non-hydrogen) atoms. The Kier molecular flexibility index (Phi) is 4.93. The standard InChI is InChI=1S/C16H19N3O3/c1-11(20)19-8-7-12-5-3-4-6-13(12)14(19)9-15(21)18-10-16(22)17-2/h3-8,14H,9-10H2,1-2H3,(H,17,22)(H,18,21). The molecule has 0 fully saturated rings. The summed E-state index contributed by atoms with van der Waals surface area (Å²) in [6.07, 6.45) is 3.66. The molecule has 3 amide bonds. The molecule has 1 aliphatic rings. The first-order chi connectivity index (χ1) is 10.5. The van der Waals surface area contributed by atoms with E-state index in [2.05, 4.69) is 10.6 Å². The van der Waals surface area contributed by atoms with Crippen LogP contribution in [0.25, 0.3) is 6.08 Å². The molecule has 6 heteroatoms. The Bertz CT molecular complexity index is 625. The van der Waals surface area contributed by atoms with Crippen LogP contribution in [0.3, 0.4) is 0 Å². The van der Waals surface area contributed by atoms with Gasteiger partial charge in [-0.25, -0.2) is 0 Å². The van der Waals surface area contributed by atoms with Crippen molar-refractivity contribution in [1.29, 1.82) is 0 Å². The van der Waals surface area contributed by atoms with Gasteiger partial charge >= 0.3 is 0 Å². The summed E-state index contributed by atoms with van der Waals surface area (Å²) in [7, 11) is 1.51. The highest BCUT2D eigenvalue weighted by Crippen LogP contribution is 2.32. The highest BCUT2D eigenvalue weighted by atomic mass is 16.2. The number of benzene rings is 1. The summed E-state index contributed by atoms with van der Waals surface area (Å²) < 4.78 is 0. The van der Waals surface area contributed by atoms with E-state index in [0.29, 0.717) is 0 Å². The predicted octanol–water partition coefficient (Wildman–Crippen LogP) is 0.813. The van der Waals surface area contributed by atoms with Crippen LogP contribution in [0, 0.1) is 0 Å². The maximum absolute atomic E-state index is 12.1. The lowest BCUT2D eigenvalue weighted by Crippen LogP contribution is -2.38. The van der Waals surface area contributed by atoms with Crippen LogP contribution in [0.5, 0.6) is 0 Å². The summed E-state index contributed by atoms with van der Waals surface area (Å²) in [5.41, 5.74) is 1.92. The third kappa shape index (κ3) is 3.52. The Morgan fingerprint density at radius 1 is 1.18 bits per heavy atom. The Balaban J connectivity index is 2.15. The number of amides is 3. The molecule has 0 aliphatic carbocycles. The molecule has 1 heterocycles. The van der Waals surface area contributed by atoms with Gasteiger partial charge in [0, 0.05) is 20.2 Å². The molecular formula is C16H19N3O3. The fraction of sp³-hybridized carbons (Fsp3) is 0.312. The Hall–Kier alpha value is -2.63. The molecule has 0 saturated carbocycles. The van der Waals surface area contributed by atoms with Crippen molar-refractivity contribution in [2.24, 2.45) is 0 Å². The van der Waals surface area contributed by atoms with E-state index in [1.165, 1.54) is 14.0 Å². The molecule has 1 atom stereocenters. The quantitative estimate of drug-likeness (QED) is 0.864. The van der Waals surface area contributed by atoms with E-state index >= 15 is 0 Å². The van der Waals surface area contributed by atoms with Gasteiger partial charge in [0.25, 0.3) is 0 Å². The van der Waals surface area contributed by atoms with Gasteiger partial charge in [-0.05, 0) is 17.2 Å². The second kappa shape index (κ2) is 6.89. The summed E-state index contributed by atoms with van der Waals surface area (Å²) in [5.74, 6) is -0.666. The van der Waals surface area contributed by atoms with Gasteiger partial charge < -0.3 is 15.5 Å². The normalized spacial score (nSPS) is 15.9. The Morgan fingerprint density at radius 3 is 2.59 bits per heavy atom. The summed E-state index contributed by atoms with van der Waals surface area (Å²) in [6, 6.07) is 7.29. The first-order valence-electron chi connectivity index (χ1n) is 7.06. The van der Waals surface area contributed by atoms with Gasteiger partial charge in [-0.15, -0.1) is 0 Å². The highest BCUT2D eigenvalue weighted by molar-refractivity contribution is 5.86. The number of nitrogens with zero attached hydrogens (tertiary/aromatic N) is 1. The third-order valence-corrected chi connectivity index (χ3v) is 3.57. The Morgan fingerprint density at radius 2 is 1.91 bits per heavy atom. The molecule has 1 aliphatic heterocycles. The maximum atomic E-state index is 12.1. The molecule has 6 nitrogen and oxygen atoms in total. The summed E-state index contributed by atoms with van der Waals surface area (Å²) in [5, 5.41) is 5.00. The smallest absolute Gasteiger partial charge is 0.239 e. The topological polar surface area (TPSA) is 78.5 Å². The molecule has 2 rings (SSSR count). The van der Waals surface area contributed by atoms with E-state index in [4.69, 9.17) is 0 Å². The molecule has 0 spiro atoms. The first kappa shape index (κ1) is 15.8. The zero-order valence-corrected chi connectivity index (χ0v) is 12.6. The lowest BCUT2D eigenvalue weighted by molar-refractivity contribution is -0.131. The lowest BCUT2D eigenvalue weighted by Gasteiger charge is -2.32. The number of hydrogen-bond donors (Lipinski definition) is 2. The van der Waals surface area contributed by atoms with E-state index < -0.39 is 0 Å². The van der Waals surface area contributed by atoms with Crippen molar-refractivity contribution >= 4 is 23.8 Å². The van der Waals surface area contributed by atoms with Crippen molar-refractivity contribution in [2.75, 3.05) is 13.6 Å². The number of carbonyl (C=O) groups excluding carboxylic acids is 3. The van der Waals surface area contributed by atoms with Crippen LogP contribution in [-0.4, -0.2) is 36.2 Å².